The summed E-state index contributed by atoms with van der Waals surface area (Å²) in [6.07, 6.45) is 9.57. The number of rotatable bonds is 4. The molecular formula is C17H22. The van der Waals surface area contributed by atoms with E-state index in [4.69, 9.17) is 0 Å². The van der Waals surface area contributed by atoms with Gasteiger partial charge in [0.2, 0.25) is 0 Å². The lowest BCUT2D eigenvalue weighted by atomic mass is 9.99. The Morgan fingerprint density at radius 2 is 1.65 bits per heavy atom. The maximum Gasteiger partial charge on any atom is -0.0195 e. The first-order valence-electron chi connectivity index (χ1n) is 6.22. The smallest absolute Gasteiger partial charge is 0.0195 e. The van der Waals surface area contributed by atoms with Gasteiger partial charge in [0, 0.05) is 0 Å². The summed E-state index contributed by atoms with van der Waals surface area (Å²) in [7, 11) is 0. The van der Waals surface area contributed by atoms with E-state index in [1.807, 2.05) is 0 Å². The van der Waals surface area contributed by atoms with E-state index in [1.54, 1.807) is 0 Å². The molecule has 0 atom stereocenters. The van der Waals surface area contributed by atoms with Gasteiger partial charge in [-0.2, -0.15) is 0 Å². The van der Waals surface area contributed by atoms with Crippen molar-refractivity contribution in [1.82, 2.24) is 0 Å². The van der Waals surface area contributed by atoms with E-state index < -0.39 is 0 Å². The monoisotopic (exact) mass is 226 g/mol. The van der Waals surface area contributed by atoms with Crippen molar-refractivity contribution in [3.8, 4) is 0 Å². The van der Waals surface area contributed by atoms with Gasteiger partial charge in [-0.3, -0.25) is 0 Å². The SMILES string of the molecule is CCc1ccccc1/C(C)=C/C=C\C=C(C)C. The van der Waals surface area contributed by atoms with Gasteiger partial charge in [0.1, 0.15) is 0 Å². The van der Waals surface area contributed by atoms with Crippen molar-refractivity contribution in [3.05, 3.63) is 65.3 Å². The summed E-state index contributed by atoms with van der Waals surface area (Å²) in [6, 6.07) is 8.60. The zero-order valence-corrected chi connectivity index (χ0v) is 11.3. The third-order valence-corrected chi connectivity index (χ3v) is 2.71. The minimum Gasteiger partial charge on any atom is -0.0764 e. The fourth-order valence-corrected chi connectivity index (χ4v) is 1.75. The summed E-state index contributed by atoms with van der Waals surface area (Å²) in [6.45, 7) is 8.58. The number of hydrogen-bond donors (Lipinski definition) is 0. The highest BCUT2D eigenvalue weighted by Crippen LogP contribution is 2.19. The Bertz CT molecular complexity index is 441. The van der Waals surface area contributed by atoms with Gasteiger partial charge >= 0.3 is 0 Å². The van der Waals surface area contributed by atoms with E-state index in [2.05, 4.69) is 76.3 Å². The van der Waals surface area contributed by atoms with Gasteiger partial charge in [-0.05, 0) is 43.9 Å². The summed E-state index contributed by atoms with van der Waals surface area (Å²) in [5.74, 6) is 0. The molecule has 0 aliphatic heterocycles. The summed E-state index contributed by atoms with van der Waals surface area (Å²) in [4.78, 5) is 0. The Labute approximate surface area is 105 Å². The first kappa shape index (κ1) is 13.5. The molecule has 0 nitrogen and oxygen atoms in total. The maximum atomic E-state index is 2.20. The third-order valence-electron chi connectivity index (χ3n) is 2.71. The van der Waals surface area contributed by atoms with Crippen LogP contribution in [0.4, 0.5) is 0 Å². The highest BCUT2D eigenvalue weighted by Gasteiger charge is 1.99. The second-order valence-electron chi connectivity index (χ2n) is 4.49. The van der Waals surface area contributed by atoms with Gasteiger partial charge in [0.05, 0.1) is 0 Å². The molecule has 0 radical (unpaired) electrons. The van der Waals surface area contributed by atoms with Crippen molar-refractivity contribution in [2.24, 2.45) is 0 Å². The van der Waals surface area contributed by atoms with Crippen LogP contribution in [0.1, 0.15) is 38.8 Å². The lowest BCUT2D eigenvalue weighted by Gasteiger charge is -2.06. The van der Waals surface area contributed by atoms with Crippen LogP contribution in [-0.4, -0.2) is 0 Å². The molecule has 0 amide bonds. The molecule has 0 saturated heterocycles. The molecule has 0 aliphatic rings. The molecule has 0 bridgehead atoms. The fraction of sp³-hybridized carbons (Fsp3) is 0.294. The molecule has 0 saturated carbocycles. The van der Waals surface area contributed by atoms with Crippen molar-refractivity contribution >= 4 is 5.57 Å². The van der Waals surface area contributed by atoms with Crippen LogP contribution in [0.5, 0.6) is 0 Å². The van der Waals surface area contributed by atoms with Gasteiger partial charge in [0.25, 0.3) is 0 Å². The molecule has 0 heteroatoms. The van der Waals surface area contributed by atoms with Gasteiger partial charge in [-0.15, -0.1) is 0 Å². The zero-order chi connectivity index (χ0) is 12.7. The number of aryl methyl sites for hydroxylation is 1. The molecule has 0 heterocycles. The molecule has 0 aromatic heterocycles. The van der Waals surface area contributed by atoms with Crippen molar-refractivity contribution in [2.45, 2.75) is 34.1 Å². The van der Waals surface area contributed by atoms with E-state index in [1.165, 1.54) is 22.3 Å². The summed E-state index contributed by atoms with van der Waals surface area (Å²) in [5.41, 5.74) is 5.41. The minimum atomic E-state index is 1.08. The van der Waals surface area contributed by atoms with Crippen LogP contribution in [0.25, 0.3) is 5.57 Å². The Balaban J connectivity index is 2.88. The van der Waals surface area contributed by atoms with Gasteiger partial charge in [-0.1, -0.05) is 61.1 Å². The molecule has 90 valence electrons. The maximum absolute atomic E-state index is 2.20. The molecule has 0 aliphatic carbocycles. The van der Waals surface area contributed by atoms with Crippen LogP contribution in [-0.2, 0) is 6.42 Å². The average Bonchev–Trinajstić information content (AvgIpc) is 2.34. The Morgan fingerprint density at radius 3 is 2.29 bits per heavy atom. The zero-order valence-electron chi connectivity index (χ0n) is 11.3. The molecular weight excluding hydrogens is 204 g/mol. The summed E-state index contributed by atoms with van der Waals surface area (Å²) >= 11 is 0. The minimum absolute atomic E-state index is 1.08. The quantitative estimate of drug-likeness (QED) is 0.621. The average molecular weight is 226 g/mol. The van der Waals surface area contributed by atoms with Crippen molar-refractivity contribution in [1.29, 1.82) is 0 Å². The van der Waals surface area contributed by atoms with Crippen LogP contribution >= 0.6 is 0 Å². The van der Waals surface area contributed by atoms with Crippen LogP contribution in [0.3, 0.4) is 0 Å². The second kappa shape index (κ2) is 6.90. The predicted octanol–water partition coefficient (Wildman–Crippen LogP) is 5.17. The second-order valence-corrected chi connectivity index (χ2v) is 4.49. The molecule has 1 rings (SSSR count). The number of hydrogen-bond acceptors (Lipinski definition) is 0. The molecule has 0 fully saturated rings. The van der Waals surface area contributed by atoms with Crippen molar-refractivity contribution in [3.63, 3.8) is 0 Å². The van der Waals surface area contributed by atoms with Crippen molar-refractivity contribution in [2.75, 3.05) is 0 Å². The van der Waals surface area contributed by atoms with E-state index in [0.717, 1.165) is 6.42 Å². The van der Waals surface area contributed by atoms with Crippen molar-refractivity contribution < 1.29 is 0 Å². The Hall–Kier alpha value is -1.56. The molecule has 0 unspecified atom stereocenters. The van der Waals surface area contributed by atoms with Gasteiger partial charge < -0.3 is 0 Å². The lowest BCUT2D eigenvalue weighted by Crippen LogP contribution is -1.88. The topological polar surface area (TPSA) is 0 Å². The summed E-state index contributed by atoms with van der Waals surface area (Å²) in [5, 5.41) is 0. The molecule has 0 spiro atoms. The standard InChI is InChI=1S/C17H22/c1-5-16-12-8-9-13-17(16)15(4)11-7-6-10-14(2)3/h6-13H,5H2,1-4H3/b7-6-,15-11+. The van der Waals surface area contributed by atoms with Crippen LogP contribution in [0, 0.1) is 0 Å². The largest absolute Gasteiger partial charge is 0.0764 e. The van der Waals surface area contributed by atoms with E-state index >= 15 is 0 Å². The van der Waals surface area contributed by atoms with E-state index in [-0.39, 0.29) is 0 Å². The number of benzene rings is 1. The number of allylic oxidation sites excluding steroid dienone is 6. The highest BCUT2D eigenvalue weighted by molar-refractivity contribution is 5.68. The Kier molecular flexibility index (Phi) is 5.48. The lowest BCUT2D eigenvalue weighted by molar-refractivity contribution is 1.13. The fourth-order valence-electron chi connectivity index (χ4n) is 1.75. The van der Waals surface area contributed by atoms with E-state index in [0.29, 0.717) is 0 Å². The normalized spacial score (nSPS) is 11.9. The van der Waals surface area contributed by atoms with Crippen LogP contribution in [0.15, 0.2) is 54.1 Å². The van der Waals surface area contributed by atoms with Crippen LogP contribution < -0.4 is 0 Å². The van der Waals surface area contributed by atoms with Crippen LogP contribution in [0.2, 0.25) is 0 Å². The Morgan fingerprint density at radius 1 is 1.00 bits per heavy atom. The molecule has 1 aromatic rings. The first-order chi connectivity index (χ1) is 8.15. The molecule has 17 heavy (non-hydrogen) atoms. The van der Waals surface area contributed by atoms with Gasteiger partial charge in [0.15, 0.2) is 0 Å². The molecule has 1 aromatic carbocycles. The highest BCUT2D eigenvalue weighted by atomic mass is 14.0. The van der Waals surface area contributed by atoms with Gasteiger partial charge in [-0.25, -0.2) is 0 Å². The predicted molar refractivity (Wildman–Crippen MR) is 78.0 cm³/mol. The van der Waals surface area contributed by atoms with E-state index in [9.17, 15) is 0 Å². The summed E-state index contributed by atoms with van der Waals surface area (Å²) < 4.78 is 0. The third kappa shape index (κ3) is 4.44. The first-order valence-corrected chi connectivity index (χ1v) is 6.22. The molecule has 0 N–H and O–H groups in total.